The number of piperidine rings is 1. The highest BCUT2D eigenvalue weighted by atomic mass is 16.4. The molecule has 1 saturated carbocycles. The second-order valence-corrected chi connectivity index (χ2v) is 6.60. The van der Waals surface area contributed by atoms with E-state index in [9.17, 15) is 14.7 Å². The summed E-state index contributed by atoms with van der Waals surface area (Å²) < 4.78 is 0. The Kier molecular flexibility index (Phi) is 5.62. The average molecular weight is 297 g/mol. The zero-order chi connectivity index (χ0) is 15.4. The third kappa shape index (κ3) is 3.76. The largest absolute Gasteiger partial charge is 0.481 e. The summed E-state index contributed by atoms with van der Waals surface area (Å²) >= 11 is 0. The molecule has 5 heteroatoms. The molecule has 0 aromatic carbocycles. The maximum atomic E-state index is 12.7. The predicted octanol–water partition coefficient (Wildman–Crippen LogP) is 1.74. The lowest BCUT2D eigenvalue weighted by atomic mass is 9.91. The summed E-state index contributed by atoms with van der Waals surface area (Å²) in [5, 5.41) is 18.4. The van der Waals surface area contributed by atoms with E-state index < -0.39 is 11.9 Å². The quantitative estimate of drug-likeness (QED) is 0.810. The van der Waals surface area contributed by atoms with Gasteiger partial charge in [0, 0.05) is 19.7 Å². The molecule has 1 saturated heterocycles. The summed E-state index contributed by atoms with van der Waals surface area (Å²) in [5.74, 6) is -0.937. The van der Waals surface area contributed by atoms with Crippen molar-refractivity contribution in [1.29, 1.82) is 0 Å². The van der Waals surface area contributed by atoms with Crippen molar-refractivity contribution in [3.8, 4) is 0 Å². The summed E-state index contributed by atoms with van der Waals surface area (Å²) in [4.78, 5) is 26.0. The zero-order valence-corrected chi connectivity index (χ0v) is 12.8. The first-order valence-corrected chi connectivity index (χ1v) is 8.19. The number of hydrogen-bond donors (Lipinski definition) is 2. The van der Waals surface area contributed by atoms with Gasteiger partial charge in [0.1, 0.15) is 0 Å². The van der Waals surface area contributed by atoms with Gasteiger partial charge >= 0.3 is 5.97 Å². The molecule has 2 N–H and O–H groups in total. The fourth-order valence-corrected chi connectivity index (χ4v) is 3.94. The third-order valence-corrected chi connectivity index (χ3v) is 5.24. The van der Waals surface area contributed by atoms with Crippen LogP contribution in [0, 0.1) is 23.7 Å². The van der Waals surface area contributed by atoms with Gasteiger partial charge in [-0.25, -0.2) is 0 Å². The van der Waals surface area contributed by atoms with Crippen molar-refractivity contribution in [2.24, 2.45) is 23.7 Å². The summed E-state index contributed by atoms with van der Waals surface area (Å²) in [7, 11) is 0. The molecule has 1 heterocycles. The number of likely N-dealkylation sites (tertiary alicyclic amines) is 1. The summed E-state index contributed by atoms with van der Waals surface area (Å²) in [6.07, 6.45) is 5.03. The van der Waals surface area contributed by atoms with Crippen LogP contribution in [0.2, 0.25) is 0 Å². The minimum atomic E-state index is -0.826. The van der Waals surface area contributed by atoms with Crippen LogP contribution in [-0.2, 0) is 9.59 Å². The lowest BCUT2D eigenvalue weighted by Gasteiger charge is -2.35. The van der Waals surface area contributed by atoms with Gasteiger partial charge in [-0.2, -0.15) is 0 Å². The first-order valence-electron chi connectivity index (χ1n) is 8.19. The number of carbonyl (C=O) groups excluding carboxylic acids is 1. The van der Waals surface area contributed by atoms with E-state index in [-0.39, 0.29) is 18.4 Å². The van der Waals surface area contributed by atoms with Crippen LogP contribution in [0.4, 0.5) is 0 Å². The summed E-state index contributed by atoms with van der Waals surface area (Å²) in [5.41, 5.74) is 0. The maximum absolute atomic E-state index is 12.7. The molecule has 1 aliphatic heterocycles. The molecule has 0 aromatic heterocycles. The fraction of sp³-hybridized carbons (Fsp3) is 0.875. The molecule has 21 heavy (non-hydrogen) atoms. The van der Waals surface area contributed by atoms with Crippen molar-refractivity contribution >= 4 is 11.9 Å². The van der Waals surface area contributed by atoms with E-state index in [0.29, 0.717) is 31.2 Å². The van der Waals surface area contributed by atoms with Crippen LogP contribution in [-0.4, -0.2) is 46.7 Å². The van der Waals surface area contributed by atoms with Gasteiger partial charge < -0.3 is 15.1 Å². The van der Waals surface area contributed by atoms with Crippen LogP contribution in [0.3, 0.4) is 0 Å². The first-order chi connectivity index (χ1) is 10.1. The van der Waals surface area contributed by atoms with Crippen molar-refractivity contribution in [3.05, 3.63) is 0 Å². The molecule has 1 amide bonds. The predicted molar refractivity (Wildman–Crippen MR) is 78.6 cm³/mol. The number of carboxylic acid groups (broad SMARTS) is 1. The Balaban J connectivity index is 2.02. The summed E-state index contributed by atoms with van der Waals surface area (Å²) in [6, 6.07) is 0. The van der Waals surface area contributed by atoms with E-state index in [1.54, 1.807) is 0 Å². The van der Waals surface area contributed by atoms with Gasteiger partial charge in [0.15, 0.2) is 0 Å². The Morgan fingerprint density at radius 1 is 1.19 bits per heavy atom. The number of carbonyl (C=O) groups is 2. The molecule has 0 radical (unpaired) electrons. The Labute approximate surface area is 126 Å². The van der Waals surface area contributed by atoms with Gasteiger partial charge in [0.2, 0.25) is 5.91 Å². The maximum Gasteiger partial charge on any atom is 0.307 e. The van der Waals surface area contributed by atoms with E-state index in [4.69, 9.17) is 5.11 Å². The number of amides is 1. The smallest absolute Gasteiger partial charge is 0.307 e. The van der Waals surface area contributed by atoms with Crippen molar-refractivity contribution in [2.75, 3.05) is 19.7 Å². The standard InChI is InChI=1S/C16H27NO4/c1-2-11-8-13(14(9-11)16(20)21)15(19)17-6-3-4-12(10-17)5-7-18/h11-14,18H,2-10H2,1H3,(H,20,21). The molecule has 2 rings (SSSR count). The molecule has 0 spiro atoms. The Bertz CT molecular complexity index is 382. The molecule has 1 aliphatic carbocycles. The molecule has 0 bridgehead atoms. The van der Waals surface area contributed by atoms with Crippen LogP contribution >= 0.6 is 0 Å². The second kappa shape index (κ2) is 7.25. The number of rotatable bonds is 5. The van der Waals surface area contributed by atoms with Crippen LogP contribution in [0.1, 0.15) is 45.4 Å². The zero-order valence-electron chi connectivity index (χ0n) is 12.8. The average Bonchev–Trinajstić information content (AvgIpc) is 2.91. The fourth-order valence-electron chi connectivity index (χ4n) is 3.94. The molecule has 2 aliphatic rings. The van der Waals surface area contributed by atoms with Crippen molar-refractivity contribution in [1.82, 2.24) is 4.90 Å². The number of hydrogen-bond acceptors (Lipinski definition) is 3. The van der Waals surface area contributed by atoms with Crippen molar-refractivity contribution < 1.29 is 19.8 Å². The van der Waals surface area contributed by atoms with Gasteiger partial charge in [0.25, 0.3) is 0 Å². The number of aliphatic hydroxyl groups is 1. The lowest BCUT2D eigenvalue weighted by Crippen LogP contribution is -2.44. The topological polar surface area (TPSA) is 77.8 Å². The van der Waals surface area contributed by atoms with Crippen LogP contribution in [0.5, 0.6) is 0 Å². The van der Waals surface area contributed by atoms with Gasteiger partial charge in [-0.3, -0.25) is 9.59 Å². The highest BCUT2D eigenvalue weighted by molar-refractivity contribution is 5.85. The van der Waals surface area contributed by atoms with Gasteiger partial charge in [-0.1, -0.05) is 13.3 Å². The monoisotopic (exact) mass is 297 g/mol. The normalized spacial score (nSPS) is 33.1. The van der Waals surface area contributed by atoms with E-state index in [1.807, 2.05) is 4.90 Å². The van der Waals surface area contributed by atoms with Gasteiger partial charge in [0.05, 0.1) is 11.8 Å². The number of nitrogens with zero attached hydrogens (tertiary/aromatic N) is 1. The van der Waals surface area contributed by atoms with Crippen LogP contribution < -0.4 is 0 Å². The minimum absolute atomic E-state index is 0.0287. The SMILES string of the molecule is CCC1CC(C(=O)O)C(C(=O)N2CCCC(CCO)C2)C1. The second-order valence-electron chi connectivity index (χ2n) is 6.60. The number of aliphatic carboxylic acids is 1. The Hall–Kier alpha value is -1.10. The molecular weight excluding hydrogens is 270 g/mol. The molecular formula is C16H27NO4. The lowest BCUT2D eigenvalue weighted by molar-refractivity contribution is -0.149. The molecule has 5 nitrogen and oxygen atoms in total. The van der Waals surface area contributed by atoms with E-state index in [2.05, 4.69) is 6.92 Å². The van der Waals surface area contributed by atoms with E-state index in [0.717, 1.165) is 32.2 Å². The highest BCUT2D eigenvalue weighted by Crippen LogP contribution is 2.40. The first kappa shape index (κ1) is 16.3. The molecule has 0 aromatic rings. The van der Waals surface area contributed by atoms with Crippen LogP contribution in [0.15, 0.2) is 0 Å². The van der Waals surface area contributed by atoms with Crippen molar-refractivity contribution in [2.45, 2.75) is 45.4 Å². The summed E-state index contributed by atoms with van der Waals surface area (Å²) in [6.45, 7) is 3.64. The van der Waals surface area contributed by atoms with E-state index >= 15 is 0 Å². The van der Waals surface area contributed by atoms with Gasteiger partial charge in [-0.05, 0) is 43.9 Å². The Morgan fingerprint density at radius 2 is 1.90 bits per heavy atom. The van der Waals surface area contributed by atoms with E-state index in [1.165, 1.54) is 0 Å². The van der Waals surface area contributed by atoms with Gasteiger partial charge in [-0.15, -0.1) is 0 Å². The minimum Gasteiger partial charge on any atom is -0.481 e. The molecule has 120 valence electrons. The molecule has 4 unspecified atom stereocenters. The molecule has 2 fully saturated rings. The van der Waals surface area contributed by atoms with Crippen molar-refractivity contribution in [3.63, 3.8) is 0 Å². The molecule has 4 atom stereocenters. The van der Waals surface area contributed by atoms with Crippen LogP contribution in [0.25, 0.3) is 0 Å². The highest BCUT2D eigenvalue weighted by Gasteiger charge is 2.44. The number of aliphatic hydroxyl groups excluding tert-OH is 1. The third-order valence-electron chi connectivity index (χ3n) is 5.24. The Morgan fingerprint density at radius 3 is 2.52 bits per heavy atom. The number of carboxylic acids is 1.